The number of hydrogen-bond donors (Lipinski definition) is 1. The van der Waals surface area contributed by atoms with Crippen molar-refractivity contribution in [1.82, 2.24) is 9.80 Å². The van der Waals surface area contributed by atoms with Crippen LogP contribution in [0.4, 0.5) is 15.8 Å². The van der Waals surface area contributed by atoms with Gasteiger partial charge in [-0.3, -0.25) is 14.5 Å². The van der Waals surface area contributed by atoms with Gasteiger partial charge in [-0.05, 0) is 37.3 Å². The first-order chi connectivity index (χ1) is 15.4. The number of amides is 1. The Hall–Kier alpha value is -3.13. The van der Waals surface area contributed by atoms with Crippen LogP contribution >= 0.6 is 0 Å². The van der Waals surface area contributed by atoms with Crippen molar-refractivity contribution < 1.29 is 19.1 Å². The van der Waals surface area contributed by atoms with Crippen molar-refractivity contribution in [3.05, 3.63) is 53.8 Å². The zero-order valence-corrected chi connectivity index (χ0v) is 18.3. The van der Waals surface area contributed by atoms with Gasteiger partial charge >= 0.3 is 0 Å². The van der Waals surface area contributed by atoms with E-state index in [9.17, 15) is 19.1 Å². The van der Waals surface area contributed by atoms with Crippen molar-refractivity contribution in [2.45, 2.75) is 6.92 Å². The van der Waals surface area contributed by atoms with E-state index >= 15 is 0 Å². The van der Waals surface area contributed by atoms with Gasteiger partial charge in [0.1, 0.15) is 11.6 Å². The quantitative estimate of drug-likeness (QED) is 0.720. The third kappa shape index (κ3) is 4.85. The molecule has 1 N–H and O–H groups in total. The lowest BCUT2D eigenvalue weighted by atomic mass is 10.1. The van der Waals surface area contributed by atoms with Gasteiger partial charge in [-0.2, -0.15) is 0 Å². The van der Waals surface area contributed by atoms with E-state index < -0.39 is 5.82 Å². The van der Waals surface area contributed by atoms with Gasteiger partial charge in [-0.25, -0.2) is 4.39 Å². The van der Waals surface area contributed by atoms with Crippen LogP contribution in [0.5, 0.6) is 5.75 Å². The predicted molar refractivity (Wildman–Crippen MR) is 122 cm³/mol. The highest BCUT2D eigenvalue weighted by Crippen LogP contribution is 2.27. The number of hydrogen-bond acceptors (Lipinski definition) is 6. The first-order valence-corrected chi connectivity index (χ1v) is 11.0. The molecule has 2 heterocycles. The van der Waals surface area contributed by atoms with E-state index in [1.165, 1.54) is 13.0 Å². The highest BCUT2D eigenvalue weighted by molar-refractivity contribution is 5.94. The predicted octanol–water partition coefficient (Wildman–Crippen LogP) is 2.20. The number of piperazine rings is 2. The minimum atomic E-state index is -0.403. The topological polar surface area (TPSA) is 67.3 Å². The average Bonchev–Trinajstić information content (AvgIpc) is 2.80. The van der Waals surface area contributed by atoms with Gasteiger partial charge in [0, 0.05) is 57.9 Å². The Morgan fingerprint density at radius 2 is 1.50 bits per heavy atom. The molecule has 0 radical (unpaired) electrons. The molecule has 0 aliphatic carbocycles. The average molecular weight is 441 g/mol. The zero-order chi connectivity index (χ0) is 22.7. The van der Waals surface area contributed by atoms with E-state index in [1.54, 1.807) is 18.2 Å². The summed E-state index contributed by atoms with van der Waals surface area (Å²) in [4.78, 5) is 32.3. The second-order valence-electron chi connectivity index (χ2n) is 8.34. The number of para-hydroxylation sites is 2. The molecule has 2 aromatic carbocycles. The highest BCUT2D eigenvalue weighted by atomic mass is 19.1. The molecule has 0 bridgehead atoms. The number of Topliss-reactive ketones (excluding diaryl/α,β-unsaturated/α-hetero) is 1. The van der Waals surface area contributed by atoms with Crippen LogP contribution < -0.4 is 9.80 Å². The number of aromatic hydroxyl groups is 1. The fraction of sp³-hybridized carbons (Fsp3) is 0.417. The molecule has 4 rings (SSSR count). The molecule has 8 heteroatoms. The number of anilines is 2. The van der Waals surface area contributed by atoms with E-state index in [4.69, 9.17) is 0 Å². The van der Waals surface area contributed by atoms with Crippen molar-refractivity contribution in [2.24, 2.45) is 0 Å². The Kier molecular flexibility index (Phi) is 6.60. The van der Waals surface area contributed by atoms with Crippen LogP contribution in [0.3, 0.4) is 0 Å². The van der Waals surface area contributed by atoms with E-state index in [1.807, 2.05) is 28.0 Å². The smallest absolute Gasteiger partial charge is 0.236 e. The van der Waals surface area contributed by atoms with Gasteiger partial charge in [-0.15, -0.1) is 0 Å². The molecule has 0 atom stereocenters. The van der Waals surface area contributed by atoms with Gasteiger partial charge in [-0.1, -0.05) is 12.1 Å². The van der Waals surface area contributed by atoms with Crippen LogP contribution in [-0.4, -0.2) is 85.5 Å². The summed E-state index contributed by atoms with van der Waals surface area (Å²) in [7, 11) is 0. The molecule has 0 unspecified atom stereocenters. The second kappa shape index (κ2) is 9.56. The summed E-state index contributed by atoms with van der Waals surface area (Å²) in [5, 5.41) is 10.0. The standard InChI is InChI=1S/C24H29FN4O3/c1-18(30)19-6-7-21(20(25)16-19)27-12-14-29(15-13-27)24(32)17-26-8-10-28(11-9-26)22-4-2-3-5-23(22)31/h2-7,16,31H,8-15,17H2,1H3. The fourth-order valence-electron chi connectivity index (χ4n) is 4.35. The second-order valence-corrected chi connectivity index (χ2v) is 8.34. The van der Waals surface area contributed by atoms with Crippen LogP contribution in [0.1, 0.15) is 17.3 Å². The Bertz CT molecular complexity index is 983. The number of benzene rings is 2. The number of phenols is 1. The number of phenolic OH excluding ortho intramolecular Hbond substituents is 1. The van der Waals surface area contributed by atoms with E-state index in [0.29, 0.717) is 44.0 Å². The third-order valence-corrected chi connectivity index (χ3v) is 6.28. The van der Waals surface area contributed by atoms with E-state index in [2.05, 4.69) is 9.80 Å². The molecular weight excluding hydrogens is 411 g/mol. The van der Waals surface area contributed by atoms with Crippen molar-refractivity contribution in [2.75, 3.05) is 68.7 Å². The minimum absolute atomic E-state index is 0.0908. The SMILES string of the molecule is CC(=O)c1ccc(N2CCN(C(=O)CN3CCN(c4ccccc4O)CC3)CC2)c(F)c1. The number of carbonyl (C=O) groups excluding carboxylic acids is 2. The van der Waals surface area contributed by atoms with Crippen molar-refractivity contribution >= 4 is 23.1 Å². The lowest BCUT2D eigenvalue weighted by molar-refractivity contribution is -0.132. The number of nitrogens with zero attached hydrogens (tertiary/aromatic N) is 4. The number of halogens is 1. The molecule has 2 saturated heterocycles. The third-order valence-electron chi connectivity index (χ3n) is 6.28. The Morgan fingerprint density at radius 3 is 2.12 bits per heavy atom. The number of carbonyl (C=O) groups is 2. The van der Waals surface area contributed by atoms with E-state index in [0.717, 1.165) is 31.9 Å². The largest absolute Gasteiger partial charge is 0.506 e. The maximum atomic E-state index is 14.4. The van der Waals surface area contributed by atoms with E-state index in [-0.39, 0.29) is 17.4 Å². The normalized spacial score (nSPS) is 17.5. The summed E-state index contributed by atoms with van der Waals surface area (Å²) in [6.07, 6.45) is 0. The summed E-state index contributed by atoms with van der Waals surface area (Å²) in [6.45, 7) is 7.03. The molecule has 1 amide bonds. The van der Waals surface area contributed by atoms with Gasteiger partial charge in [0.25, 0.3) is 0 Å². The van der Waals surface area contributed by atoms with Gasteiger partial charge in [0.15, 0.2) is 5.78 Å². The molecule has 0 saturated carbocycles. The summed E-state index contributed by atoms with van der Waals surface area (Å²) in [5.74, 6) is -0.192. The molecule has 2 aliphatic heterocycles. The number of ketones is 1. The minimum Gasteiger partial charge on any atom is -0.506 e. The summed E-state index contributed by atoms with van der Waals surface area (Å²) in [5.41, 5.74) is 1.67. The van der Waals surface area contributed by atoms with Crippen LogP contribution in [0.25, 0.3) is 0 Å². The van der Waals surface area contributed by atoms with Crippen LogP contribution in [0, 0.1) is 5.82 Å². The Labute approximate surface area is 187 Å². The lowest BCUT2D eigenvalue weighted by Crippen LogP contribution is -2.54. The monoisotopic (exact) mass is 440 g/mol. The van der Waals surface area contributed by atoms with Gasteiger partial charge in [0.2, 0.25) is 5.91 Å². The fourth-order valence-corrected chi connectivity index (χ4v) is 4.35. The van der Waals surface area contributed by atoms with Crippen molar-refractivity contribution in [1.29, 1.82) is 0 Å². The summed E-state index contributed by atoms with van der Waals surface area (Å²) < 4.78 is 14.4. The van der Waals surface area contributed by atoms with Crippen LogP contribution in [0.2, 0.25) is 0 Å². The van der Waals surface area contributed by atoms with Gasteiger partial charge < -0.3 is 19.8 Å². The molecule has 0 spiro atoms. The molecule has 170 valence electrons. The Morgan fingerprint density at radius 1 is 0.875 bits per heavy atom. The molecule has 2 fully saturated rings. The van der Waals surface area contributed by atoms with Crippen molar-refractivity contribution in [3.63, 3.8) is 0 Å². The highest BCUT2D eigenvalue weighted by Gasteiger charge is 2.26. The van der Waals surface area contributed by atoms with Crippen LogP contribution in [-0.2, 0) is 4.79 Å². The zero-order valence-electron chi connectivity index (χ0n) is 18.3. The maximum absolute atomic E-state index is 14.4. The molecule has 7 nitrogen and oxygen atoms in total. The molecular formula is C24H29FN4O3. The first-order valence-electron chi connectivity index (χ1n) is 11.0. The van der Waals surface area contributed by atoms with Crippen molar-refractivity contribution in [3.8, 4) is 5.75 Å². The summed E-state index contributed by atoms with van der Waals surface area (Å²) >= 11 is 0. The molecule has 2 aliphatic rings. The van der Waals surface area contributed by atoms with Gasteiger partial charge in [0.05, 0.1) is 17.9 Å². The maximum Gasteiger partial charge on any atom is 0.236 e. The Balaban J connectivity index is 1.26. The first kappa shape index (κ1) is 22.1. The molecule has 32 heavy (non-hydrogen) atoms. The molecule has 2 aromatic rings. The number of rotatable bonds is 5. The lowest BCUT2D eigenvalue weighted by Gasteiger charge is -2.39. The van der Waals surface area contributed by atoms with Crippen LogP contribution in [0.15, 0.2) is 42.5 Å². The summed E-state index contributed by atoms with van der Waals surface area (Å²) in [6, 6.07) is 11.9. The molecule has 0 aromatic heterocycles.